The van der Waals surface area contributed by atoms with Crippen molar-refractivity contribution < 1.29 is 35.0 Å². The maximum absolute atomic E-state index is 1.44. The predicted octanol–water partition coefficient (Wildman–Crippen LogP) is -4.10. The molecule has 0 aliphatic heterocycles. The third kappa shape index (κ3) is 42.3. The molecule has 0 amide bonds. The van der Waals surface area contributed by atoms with Crippen molar-refractivity contribution in [1.29, 1.82) is 0 Å². The molecule has 0 unspecified atom stereocenters. The van der Waals surface area contributed by atoms with Gasteiger partial charge in [-0.25, -0.2) is 0 Å². The van der Waals surface area contributed by atoms with E-state index in [1.165, 1.54) is 43.6 Å². The quantitative estimate of drug-likeness (QED) is 0.206. The SMILES string of the molecule is C.O.S.[Na+].[Na][Na].[SH-]. The molecule has 0 rings (SSSR count). The van der Waals surface area contributed by atoms with Gasteiger partial charge in [0.1, 0.15) is 0 Å². The second-order valence-corrected chi connectivity index (χ2v) is 0. The zero-order valence-corrected chi connectivity index (χ0v) is 12.3. The van der Waals surface area contributed by atoms with Crippen LogP contribution in [-0.2, 0) is 13.5 Å². The van der Waals surface area contributed by atoms with Gasteiger partial charge in [-0.1, -0.05) is 7.43 Å². The molecule has 0 bridgehead atoms. The van der Waals surface area contributed by atoms with E-state index < -0.39 is 0 Å². The number of hydrogen-bond donors (Lipinski definition) is 0. The fourth-order valence-corrected chi connectivity index (χ4v) is 0. The van der Waals surface area contributed by atoms with Crippen molar-refractivity contribution >= 4 is 70.6 Å². The number of hydrogen-bond acceptors (Lipinski definition) is 1. The maximum atomic E-state index is 1.44. The molecule has 0 atom stereocenters. The van der Waals surface area contributed by atoms with E-state index >= 15 is 0 Å². The molecule has 0 spiro atoms. The van der Waals surface area contributed by atoms with Crippen LogP contribution in [0.3, 0.4) is 0 Å². The zero-order chi connectivity index (χ0) is 2.00. The molecule has 0 aromatic rings. The Morgan fingerprint density at radius 3 is 1.00 bits per heavy atom. The maximum Gasteiger partial charge on any atom is -0.813 e. The van der Waals surface area contributed by atoms with Gasteiger partial charge >= 0.3 is 73.2 Å². The van der Waals surface area contributed by atoms with E-state index in [4.69, 9.17) is 0 Å². The summed E-state index contributed by atoms with van der Waals surface area (Å²) in [7, 11) is 0. The fourth-order valence-electron chi connectivity index (χ4n) is 0. The molecule has 0 radical (unpaired) electrons. The molecule has 0 saturated carbocycles. The molecule has 0 aliphatic rings. The van der Waals surface area contributed by atoms with Crippen LogP contribution in [0.2, 0.25) is 0 Å². The summed E-state index contributed by atoms with van der Waals surface area (Å²) in [5, 5.41) is 0. The summed E-state index contributed by atoms with van der Waals surface area (Å²) >= 11 is 2.89. The Hall–Kier alpha value is 3.66. The molecule has 0 aliphatic carbocycles. The molecule has 0 heterocycles. The van der Waals surface area contributed by atoms with E-state index in [0.29, 0.717) is 0 Å². The van der Waals surface area contributed by atoms with Gasteiger partial charge in [-0.05, 0) is 0 Å². The first-order valence-electron chi connectivity index (χ1n) is 1.00. The van der Waals surface area contributed by atoms with Gasteiger partial charge in [0.2, 0.25) is 0 Å². The zero-order valence-electron chi connectivity index (χ0n) is 4.45. The molecule has 7 heavy (non-hydrogen) atoms. The normalized spacial score (nSPS) is 1.14. The van der Waals surface area contributed by atoms with Crippen molar-refractivity contribution in [3.05, 3.63) is 0 Å². The van der Waals surface area contributed by atoms with Crippen LogP contribution in [0.5, 0.6) is 0 Å². The topological polar surface area (TPSA) is 31.5 Å². The summed E-state index contributed by atoms with van der Waals surface area (Å²) in [6.07, 6.45) is 0. The van der Waals surface area contributed by atoms with Crippen LogP contribution in [0.1, 0.15) is 7.43 Å². The average molecular weight is 170 g/mol. The van der Waals surface area contributed by atoms with Crippen LogP contribution in [-0.4, -0.2) is 49.1 Å². The molecule has 0 aromatic carbocycles. The van der Waals surface area contributed by atoms with Crippen LogP contribution in [0.25, 0.3) is 0 Å². The van der Waals surface area contributed by atoms with Crippen LogP contribution in [0, 0.1) is 0 Å². The Kier molecular flexibility index (Phi) is 354. The Morgan fingerprint density at radius 1 is 1.00 bits per heavy atom. The molecular formula is CH9Na3OS2. The third-order valence-electron chi connectivity index (χ3n) is 0. The Balaban J connectivity index is -0.000000000500. The Labute approximate surface area is 110 Å². The molecule has 2 N–H and O–H groups in total. The van der Waals surface area contributed by atoms with Crippen molar-refractivity contribution in [2.45, 2.75) is 7.43 Å². The van der Waals surface area contributed by atoms with Gasteiger partial charge in [0.15, 0.2) is 0 Å². The average Bonchev–Trinajstić information content (AvgIpc) is 1.00. The van der Waals surface area contributed by atoms with E-state index in [0.717, 1.165) is 0 Å². The van der Waals surface area contributed by atoms with E-state index in [1.54, 1.807) is 0 Å². The second kappa shape index (κ2) is 54.1. The first kappa shape index (κ1) is 45.8. The predicted molar refractivity (Wildman–Crippen MR) is 41.0 cm³/mol. The van der Waals surface area contributed by atoms with Crippen LogP contribution < -0.4 is 29.6 Å². The molecule has 0 saturated heterocycles. The summed E-state index contributed by atoms with van der Waals surface area (Å²) < 4.78 is 0. The summed E-state index contributed by atoms with van der Waals surface area (Å²) in [4.78, 5) is 0. The van der Waals surface area contributed by atoms with Crippen molar-refractivity contribution in [1.82, 2.24) is 0 Å². The van der Waals surface area contributed by atoms with Crippen LogP contribution in [0.4, 0.5) is 0 Å². The van der Waals surface area contributed by atoms with Gasteiger partial charge in [0, 0.05) is 0 Å². The minimum atomic E-state index is 0. The minimum absolute atomic E-state index is 0. The summed E-state index contributed by atoms with van der Waals surface area (Å²) in [5.74, 6) is 0. The van der Waals surface area contributed by atoms with Crippen molar-refractivity contribution in [3.63, 3.8) is 0 Å². The third-order valence-corrected chi connectivity index (χ3v) is 0. The molecule has 34 valence electrons. The summed E-state index contributed by atoms with van der Waals surface area (Å²) in [5.41, 5.74) is 0. The van der Waals surface area contributed by atoms with E-state index in [-0.39, 0.29) is 69.5 Å². The first-order valence-corrected chi connectivity index (χ1v) is 9.00. The Bertz CT molecular complexity index is 12.9. The van der Waals surface area contributed by atoms with Gasteiger partial charge in [0.05, 0.1) is 0 Å². The molecule has 0 fully saturated rings. The number of thiol groups is 1. The van der Waals surface area contributed by atoms with Crippen molar-refractivity contribution in [2.75, 3.05) is 0 Å². The summed E-state index contributed by atoms with van der Waals surface area (Å²) in [6, 6.07) is 0. The molecule has 1 nitrogen and oxygen atoms in total. The largest absolute Gasteiger partial charge is 0.813 e. The molecule has 6 heteroatoms. The fraction of sp³-hybridized carbons (Fsp3) is 1.00. The summed E-state index contributed by atoms with van der Waals surface area (Å²) in [6.45, 7) is 0. The van der Waals surface area contributed by atoms with E-state index in [1.807, 2.05) is 0 Å². The molecule has 0 aromatic heterocycles. The minimum Gasteiger partial charge on any atom is -0.813 e. The number of rotatable bonds is 0. The second-order valence-electron chi connectivity index (χ2n) is 0. The monoisotopic (exact) mass is 170 g/mol. The van der Waals surface area contributed by atoms with Gasteiger partial charge in [-0.2, -0.15) is 13.5 Å². The standard InChI is InChI=1S/CH4.3Na.H2O.2H2S/h1H4;;;;3*1H2/q;;;+1;;;/p-1. The van der Waals surface area contributed by atoms with Gasteiger partial charge in [-0.3, -0.25) is 0 Å². The van der Waals surface area contributed by atoms with E-state index in [2.05, 4.69) is 0 Å². The van der Waals surface area contributed by atoms with Gasteiger partial charge in [-0.15, -0.1) is 0 Å². The van der Waals surface area contributed by atoms with Gasteiger partial charge < -0.3 is 19.0 Å². The van der Waals surface area contributed by atoms with Crippen LogP contribution >= 0.6 is 13.5 Å². The van der Waals surface area contributed by atoms with E-state index in [9.17, 15) is 0 Å². The van der Waals surface area contributed by atoms with Crippen LogP contribution in [0.15, 0.2) is 0 Å². The smallest absolute Gasteiger partial charge is 0.813 e. The van der Waals surface area contributed by atoms with Crippen molar-refractivity contribution in [2.24, 2.45) is 0 Å². The van der Waals surface area contributed by atoms with Crippen molar-refractivity contribution in [3.8, 4) is 0 Å². The first-order chi connectivity index (χ1) is 1.00. The Morgan fingerprint density at radius 2 is 1.00 bits per heavy atom. The molecular weight excluding hydrogens is 161 g/mol. The van der Waals surface area contributed by atoms with Gasteiger partial charge in [0.25, 0.3) is 0 Å².